The number of aliphatic hydroxyl groups excluding tert-OH is 2. The summed E-state index contributed by atoms with van der Waals surface area (Å²) in [6.45, 7) is 1.51. The van der Waals surface area contributed by atoms with Crippen molar-refractivity contribution in [2.24, 2.45) is 0 Å². The average molecular weight is 589 g/mol. The number of aromatic nitrogens is 2. The van der Waals surface area contributed by atoms with Crippen LogP contribution in [0.3, 0.4) is 0 Å². The Bertz CT molecular complexity index is 1220. The van der Waals surface area contributed by atoms with E-state index >= 15 is 0 Å². The van der Waals surface area contributed by atoms with Gasteiger partial charge in [-0.15, -0.1) is 22.7 Å². The molecule has 2 aromatic heterocycles. The number of carbonyl (C=O) groups is 2. The summed E-state index contributed by atoms with van der Waals surface area (Å²) in [7, 11) is 0. The second-order valence-corrected chi connectivity index (χ2v) is 10.9. The van der Waals surface area contributed by atoms with Gasteiger partial charge in [-0.2, -0.15) is 13.2 Å². The summed E-state index contributed by atoms with van der Waals surface area (Å²) in [5.74, 6) is -1.84. The normalized spacial score (nSPS) is 14.8. The smallest absolute Gasteiger partial charge is 0.389 e. The van der Waals surface area contributed by atoms with Gasteiger partial charge in [0.2, 0.25) is 5.91 Å². The Morgan fingerprint density at radius 2 is 1.87 bits per heavy atom. The summed E-state index contributed by atoms with van der Waals surface area (Å²) in [5, 5.41) is 27.8. The Hall–Kier alpha value is -2.94. The molecule has 8 nitrogen and oxygen atoms in total. The predicted octanol–water partition coefficient (Wildman–Crippen LogP) is 4.62. The Morgan fingerprint density at radius 1 is 1.10 bits per heavy atom. The Labute approximate surface area is 230 Å². The molecule has 0 aliphatic carbocycles. The van der Waals surface area contributed by atoms with Gasteiger partial charge < -0.3 is 20.8 Å². The van der Waals surface area contributed by atoms with Gasteiger partial charge in [-0.25, -0.2) is 14.4 Å². The summed E-state index contributed by atoms with van der Waals surface area (Å²) in [4.78, 5) is 34.5. The SMILES string of the molecule is CC(O)CC[C@H](NC(=O)c1cnc(-c2cccc(F)c2)s1)C(=O)N[C@@H](CCCC(F)(F)F)C(O)c1nccs1. The highest BCUT2D eigenvalue weighted by Crippen LogP contribution is 2.28. The van der Waals surface area contributed by atoms with Crippen LogP contribution in [0.2, 0.25) is 0 Å². The lowest BCUT2D eigenvalue weighted by molar-refractivity contribution is -0.136. The third-order valence-electron chi connectivity index (χ3n) is 5.68. The van der Waals surface area contributed by atoms with E-state index in [9.17, 15) is 37.4 Å². The van der Waals surface area contributed by atoms with E-state index in [0.717, 1.165) is 22.7 Å². The van der Waals surface area contributed by atoms with Crippen LogP contribution in [0.1, 0.15) is 59.8 Å². The summed E-state index contributed by atoms with van der Waals surface area (Å²) in [6.07, 6.45) is -5.28. The Morgan fingerprint density at radius 3 is 2.51 bits per heavy atom. The molecule has 4 N–H and O–H groups in total. The van der Waals surface area contributed by atoms with E-state index in [0.29, 0.717) is 10.6 Å². The molecule has 3 aromatic rings. The van der Waals surface area contributed by atoms with E-state index in [4.69, 9.17) is 0 Å². The van der Waals surface area contributed by atoms with Crippen molar-refractivity contribution in [3.8, 4) is 10.6 Å². The van der Waals surface area contributed by atoms with Crippen LogP contribution >= 0.6 is 22.7 Å². The number of nitrogens with one attached hydrogen (secondary N) is 2. The molecule has 0 fully saturated rings. The van der Waals surface area contributed by atoms with Crippen molar-refractivity contribution in [2.75, 3.05) is 0 Å². The maximum atomic E-state index is 13.6. The Kier molecular flexibility index (Phi) is 10.9. The van der Waals surface area contributed by atoms with E-state index < -0.39 is 54.5 Å². The number of amides is 2. The minimum atomic E-state index is -4.40. The summed E-state index contributed by atoms with van der Waals surface area (Å²) >= 11 is 2.08. The number of alkyl halides is 3. The molecule has 3 rings (SSSR count). The van der Waals surface area contributed by atoms with Crippen LogP contribution in [0.25, 0.3) is 10.6 Å². The van der Waals surface area contributed by atoms with Crippen molar-refractivity contribution >= 4 is 34.5 Å². The van der Waals surface area contributed by atoms with Crippen molar-refractivity contribution in [3.05, 3.63) is 57.7 Å². The van der Waals surface area contributed by atoms with Crippen LogP contribution in [0.4, 0.5) is 17.6 Å². The zero-order valence-electron chi connectivity index (χ0n) is 20.8. The maximum absolute atomic E-state index is 13.6. The van der Waals surface area contributed by atoms with Gasteiger partial charge in [0.1, 0.15) is 32.9 Å². The molecule has 0 saturated carbocycles. The highest BCUT2D eigenvalue weighted by Gasteiger charge is 2.32. The third-order valence-corrected chi connectivity index (χ3v) is 7.58. The highest BCUT2D eigenvalue weighted by molar-refractivity contribution is 7.16. The molecule has 0 aliphatic heterocycles. The zero-order valence-corrected chi connectivity index (χ0v) is 22.5. The minimum absolute atomic E-state index is 0.0212. The maximum Gasteiger partial charge on any atom is 0.389 e. The lowest BCUT2D eigenvalue weighted by Gasteiger charge is -2.26. The van der Waals surface area contributed by atoms with Crippen LogP contribution in [0, 0.1) is 5.82 Å². The molecular formula is C25H28F4N4O4S2. The van der Waals surface area contributed by atoms with E-state index in [-0.39, 0.29) is 35.6 Å². The van der Waals surface area contributed by atoms with E-state index in [2.05, 4.69) is 20.6 Å². The van der Waals surface area contributed by atoms with Crippen molar-refractivity contribution in [2.45, 2.75) is 69.5 Å². The van der Waals surface area contributed by atoms with Gasteiger partial charge >= 0.3 is 6.18 Å². The number of carbonyl (C=O) groups excluding carboxylic acids is 2. The zero-order chi connectivity index (χ0) is 28.6. The fraction of sp³-hybridized carbons (Fsp3) is 0.440. The number of hydrogen-bond acceptors (Lipinski definition) is 8. The summed E-state index contributed by atoms with van der Waals surface area (Å²) in [6, 6.07) is 3.42. The van der Waals surface area contributed by atoms with Crippen molar-refractivity contribution in [1.82, 2.24) is 20.6 Å². The topological polar surface area (TPSA) is 124 Å². The van der Waals surface area contributed by atoms with Gasteiger partial charge in [0.05, 0.1) is 18.3 Å². The first kappa shape index (κ1) is 30.6. The number of nitrogens with zero attached hydrogens (tertiary/aromatic N) is 2. The van der Waals surface area contributed by atoms with Crippen molar-refractivity contribution < 1.29 is 37.4 Å². The van der Waals surface area contributed by atoms with Gasteiger partial charge in [0, 0.05) is 23.6 Å². The monoisotopic (exact) mass is 588 g/mol. The highest BCUT2D eigenvalue weighted by atomic mass is 32.1. The first-order chi connectivity index (χ1) is 18.4. The number of thiazole rings is 2. The average Bonchev–Trinajstić information content (AvgIpc) is 3.57. The number of aliphatic hydroxyl groups is 2. The Balaban J connectivity index is 1.74. The predicted molar refractivity (Wildman–Crippen MR) is 139 cm³/mol. The molecule has 212 valence electrons. The molecule has 2 heterocycles. The molecule has 0 saturated heterocycles. The van der Waals surface area contributed by atoms with E-state index in [1.807, 2.05) is 0 Å². The van der Waals surface area contributed by atoms with Gasteiger partial charge in [0.15, 0.2) is 0 Å². The van der Waals surface area contributed by atoms with Gasteiger partial charge in [-0.05, 0) is 44.7 Å². The number of hydrogen-bond donors (Lipinski definition) is 4. The van der Waals surface area contributed by atoms with Crippen LogP contribution in [0.15, 0.2) is 42.0 Å². The van der Waals surface area contributed by atoms with Crippen LogP contribution in [-0.2, 0) is 4.79 Å². The van der Waals surface area contributed by atoms with E-state index in [1.165, 1.54) is 37.5 Å². The standard InChI is InChI=1S/C25H28F4N4O4S2/c1-14(34)7-8-18(33-22(37)19-13-31-23(39-19)15-4-2-5-16(26)12-15)21(36)32-17(6-3-9-25(27,28)29)20(35)24-30-10-11-38-24/h2,4-5,10-14,17-18,20,34-35H,3,6-9H2,1H3,(H,32,36)(H,33,37)/t14?,17-,18-,20?/m0/s1. The van der Waals surface area contributed by atoms with Crippen molar-refractivity contribution in [3.63, 3.8) is 0 Å². The fourth-order valence-corrected chi connectivity index (χ4v) is 5.21. The van der Waals surface area contributed by atoms with Crippen LogP contribution in [0.5, 0.6) is 0 Å². The van der Waals surface area contributed by atoms with E-state index in [1.54, 1.807) is 11.4 Å². The van der Waals surface area contributed by atoms with Gasteiger partial charge in [-0.1, -0.05) is 12.1 Å². The lowest BCUT2D eigenvalue weighted by atomic mass is 10.0. The molecule has 2 unspecified atom stereocenters. The number of benzene rings is 1. The molecular weight excluding hydrogens is 560 g/mol. The quantitative estimate of drug-likeness (QED) is 0.216. The molecule has 2 amide bonds. The minimum Gasteiger partial charge on any atom is -0.393 e. The second kappa shape index (κ2) is 13.9. The fourth-order valence-electron chi connectivity index (χ4n) is 3.71. The first-order valence-electron chi connectivity index (χ1n) is 12.1. The molecule has 4 atom stereocenters. The molecule has 0 aliphatic rings. The van der Waals surface area contributed by atoms with Crippen LogP contribution < -0.4 is 10.6 Å². The largest absolute Gasteiger partial charge is 0.393 e. The lowest BCUT2D eigenvalue weighted by Crippen LogP contribution is -2.51. The molecule has 0 bridgehead atoms. The molecule has 0 spiro atoms. The molecule has 39 heavy (non-hydrogen) atoms. The summed E-state index contributed by atoms with van der Waals surface area (Å²) < 4.78 is 51.8. The van der Waals surface area contributed by atoms with Gasteiger partial charge in [-0.3, -0.25) is 9.59 Å². The van der Waals surface area contributed by atoms with Gasteiger partial charge in [0.25, 0.3) is 5.91 Å². The number of rotatable bonds is 13. The summed E-state index contributed by atoms with van der Waals surface area (Å²) in [5.41, 5.74) is 0.473. The molecule has 14 heteroatoms. The van der Waals surface area contributed by atoms with Crippen LogP contribution in [-0.4, -0.2) is 56.4 Å². The molecule has 1 aromatic carbocycles. The molecule has 0 radical (unpaired) electrons. The number of halogens is 4. The first-order valence-corrected chi connectivity index (χ1v) is 13.8. The third kappa shape index (κ3) is 9.64. The second-order valence-electron chi connectivity index (χ2n) is 8.93. The van der Waals surface area contributed by atoms with Crippen molar-refractivity contribution in [1.29, 1.82) is 0 Å².